The number of carbonyl (C=O) groups is 1. The number of aryl methyl sites for hydroxylation is 1. The third-order valence-electron chi connectivity index (χ3n) is 3.64. The van der Waals surface area contributed by atoms with Gasteiger partial charge in [-0.1, -0.05) is 15.9 Å². The smallest absolute Gasteiger partial charge is 0.254 e. The maximum absolute atomic E-state index is 12.6. The van der Waals surface area contributed by atoms with Crippen molar-refractivity contribution in [2.45, 2.75) is 38.6 Å². The Labute approximate surface area is 122 Å². The highest BCUT2D eigenvalue weighted by molar-refractivity contribution is 9.10. The molecular weight excluding hydrogens is 306 g/mol. The van der Waals surface area contributed by atoms with Crippen LogP contribution in [-0.4, -0.2) is 35.1 Å². The molecule has 1 heterocycles. The molecule has 0 saturated carbocycles. The molecule has 3 nitrogen and oxygen atoms in total. The van der Waals surface area contributed by atoms with Gasteiger partial charge in [0.25, 0.3) is 5.91 Å². The summed E-state index contributed by atoms with van der Waals surface area (Å²) in [7, 11) is 0. The minimum Gasteiger partial charge on any atom is -0.396 e. The molecule has 1 saturated heterocycles. The van der Waals surface area contributed by atoms with Gasteiger partial charge in [0.1, 0.15) is 0 Å². The number of carbonyl (C=O) groups excluding carboxylic acids is 1. The Bertz CT molecular complexity index is 439. The van der Waals surface area contributed by atoms with E-state index in [4.69, 9.17) is 5.11 Å². The molecule has 1 fully saturated rings. The fourth-order valence-electron chi connectivity index (χ4n) is 2.74. The third kappa shape index (κ3) is 3.57. The Hall–Kier alpha value is -0.870. The molecule has 0 aliphatic carbocycles. The fourth-order valence-corrected chi connectivity index (χ4v) is 3.35. The highest BCUT2D eigenvalue weighted by Crippen LogP contribution is 2.23. The molecule has 19 heavy (non-hydrogen) atoms. The number of likely N-dealkylation sites (tertiary alicyclic amines) is 1. The molecule has 2 rings (SSSR count). The summed E-state index contributed by atoms with van der Waals surface area (Å²) in [6, 6.07) is 5.99. The first kappa shape index (κ1) is 14.5. The molecule has 1 aromatic rings. The van der Waals surface area contributed by atoms with Crippen LogP contribution in [0.3, 0.4) is 0 Å². The third-order valence-corrected chi connectivity index (χ3v) is 4.10. The van der Waals surface area contributed by atoms with Crippen molar-refractivity contribution in [2.24, 2.45) is 0 Å². The molecule has 1 N–H and O–H groups in total. The summed E-state index contributed by atoms with van der Waals surface area (Å²) in [5.74, 6) is 0.0857. The van der Waals surface area contributed by atoms with Crippen LogP contribution in [0.15, 0.2) is 22.7 Å². The molecule has 1 amide bonds. The van der Waals surface area contributed by atoms with Crippen LogP contribution in [0.25, 0.3) is 0 Å². The van der Waals surface area contributed by atoms with Crippen LogP contribution in [0.4, 0.5) is 0 Å². The van der Waals surface area contributed by atoms with Crippen molar-refractivity contribution in [1.29, 1.82) is 0 Å². The monoisotopic (exact) mass is 325 g/mol. The first-order valence-electron chi connectivity index (χ1n) is 6.81. The average molecular weight is 326 g/mol. The van der Waals surface area contributed by atoms with E-state index in [0.29, 0.717) is 6.42 Å². The van der Waals surface area contributed by atoms with E-state index >= 15 is 0 Å². The topological polar surface area (TPSA) is 40.5 Å². The van der Waals surface area contributed by atoms with E-state index in [1.54, 1.807) is 0 Å². The normalized spacial score (nSPS) is 19.5. The highest BCUT2D eigenvalue weighted by Gasteiger charge is 2.27. The van der Waals surface area contributed by atoms with Crippen LogP contribution in [0.5, 0.6) is 0 Å². The largest absolute Gasteiger partial charge is 0.396 e. The summed E-state index contributed by atoms with van der Waals surface area (Å²) in [6.07, 6.45) is 3.88. The van der Waals surface area contributed by atoms with Gasteiger partial charge in [0.15, 0.2) is 0 Å². The molecule has 0 spiro atoms. The summed E-state index contributed by atoms with van der Waals surface area (Å²) >= 11 is 3.44. The molecule has 0 bridgehead atoms. The van der Waals surface area contributed by atoms with Gasteiger partial charge in [-0.15, -0.1) is 0 Å². The van der Waals surface area contributed by atoms with E-state index in [1.807, 2.05) is 30.0 Å². The van der Waals surface area contributed by atoms with Crippen molar-refractivity contribution in [3.05, 3.63) is 33.8 Å². The second kappa shape index (κ2) is 6.53. The maximum atomic E-state index is 12.6. The fraction of sp³-hybridized carbons (Fsp3) is 0.533. The average Bonchev–Trinajstić information content (AvgIpc) is 2.38. The molecule has 1 aromatic carbocycles. The van der Waals surface area contributed by atoms with Crippen LogP contribution in [-0.2, 0) is 0 Å². The van der Waals surface area contributed by atoms with Crippen molar-refractivity contribution in [2.75, 3.05) is 13.2 Å². The zero-order chi connectivity index (χ0) is 13.8. The van der Waals surface area contributed by atoms with E-state index in [-0.39, 0.29) is 18.6 Å². The Balaban J connectivity index is 2.20. The van der Waals surface area contributed by atoms with Gasteiger partial charge in [-0.3, -0.25) is 4.79 Å². The molecule has 1 atom stereocenters. The van der Waals surface area contributed by atoms with Gasteiger partial charge in [0.05, 0.1) is 0 Å². The lowest BCUT2D eigenvalue weighted by Crippen LogP contribution is -2.44. The second-order valence-corrected chi connectivity index (χ2v) is 6.09. The summed E-state index contributed by atoms with van der Waals surface area (Å²) in [5, 5.41) is 9.13. The Morgan fingerprint density at radius 2 is 2.21 bits per heavy atom. The number of aliphatic hydroxyl groups excluding tert-OH is 1. The van der Waals surface area contributed by atoms with Crippen molar-refractivity contribution in [1.82, 2.24) is 4.90 Å². The number of rotatable bonds is 3. The minimum atomic E-state index is 0.0857. The van der Waals surface area contributed by atoms with E-state index in [0.717, 1.165) is 41.4 Å². The van der Waals surface area contributed by atoms with E-state index in [1.165, 1.54) is 0 Å². The molecule has 0 aromatic heterocycles. The zero-order valence-corrected chi connectivity index (χ0v) is 12.8. The van der Waals surface area contributed by atoms with Gasteiger partial charge < -0.3 is 10.0 Å². The number of nitrogens with zero attached hydrogens (tertiary/aromatic N) is 1. The Morgan fingerprint density at radius 1 is 1.42 bits per heavy atom. The number of hydrogen-bond donors (Lipinski definition) is 1. The molecule has 0 radical (unpaired) electrons. The summed E-state index contributed by atoms with van der Waals surface area (Å²) in [4.78, 5) is 14.5. The van der Waals surface area contributed by atoms with Crippen molar-refractivity contribution in [3.63, 3.8) is 0 Å². The van der Waals surface area contributed by atoms with Crippen LogP contribution >= 0.6 is 15.9 Å². The van der Waals surface area contributed by atoms with Gasteiger partial charge in [-0.2, -0.15) is 0 Å². The van der Waals surface area contributed by atoms with Crippen molar-refractivity contribution < 1.29 is 9.90 Å². The van der Waals surface area contributed by atoms with Crippen molar-refractivity contribution >= 4 is 21.8 Å². The molecular formula is C15H20BrNO2. The summed E-state index contributed by atoms with van der Waals surface area (Å²) < 4.78 is 0.937. The number of amides is 1. The maximum Gasteiger partial charge on any atom is 0.254 e. The molecule has 4 heteroatoms. The minimum absolute atomic E-state index is 0.0857. The second-order valence-electron chi connectivity index (χ2n) is 5.18. The van der Waals surface area contributed by atoms with Crippen LogP contribution < -0.4 is 0 Å². The lowest BCUT2D eigenvalue weighted by atomic mass is 9.98. The summed E-state index contributed by atoms with van der Waals surface area (Å²) in [6.45, 7) is 2.93. The highest BCUT2D eigenvalue weighted by atomic mass is 79.9. The standard InChI is InChI=1S/C15H20BrNO2/c1-11-8-12(10-13(16)9-11)15(19)17-6-3-2-4-14(17)5-7-18/h8-10,14,18H,2-7H2,1H3. The van der Waals surface area contributed by atoms with Gasteiger partial charge in [0.2, 0.25) is 0 Å². The first-order valence-corrected chi connectivity index (χ1v) is 7.60. The lowest BCUT2D eigenvalue weighted by molar-refractivity contribution is 0.0574. The molecule has 1 unspecified atom stereocenters. The predicted octanol–water partition coefficient (Wildman–Crippen LogP) is 3.13. The van der Waals surface area contributed by atoms with Gasteiger partial charge >= 0.3 is 0 Å². The zero-order valence-electron chi connectivity index (χ0n) is 11.2. The summed E-state index contributed by atoms with van der Waals surface area (Å²) in [5.41, 5.74) is 1.81. The number of hydrogen-bond acceptors (Lipinski definition) is 2. The van der Waals surface area contributed by atoms with Gasteiger partial charge in [-0.25, -0.2) is 0 Å². The first-order chi connectivity index (χ1) is 9.11. The van der Waals surface area contributed by atoms with Crippen LogP contribution in [0, 0.1) is 6.92 Å². The van der Waals surface area contributed by atoms with Crippen LogP contribution in [0.1, 0.15) is 41.6 Å². The number of halogens is 1. The molecule has 1 aliphatic heterocycles. The van der Waals surface area contributed by atoms with E-state index < -0.39 is 0 Å². The molecule has 1 aliphatic rings. The molecule has 104 valence electrons. The Kier molecular flexibility index (Phi) is 4.99. The van der Waals surface area contributed by atoms with Gasteiger partial charge in [-0.05, 0) is 56.4 Å². The van der Waals surface area contributed by atoms with Gasteiger partial charge in [0, 0.05) is 29.2 Å². The SMILES string of the molecule is Cc1cc(Br)cc(C(=O)N2CCCCC2CCO)c1. The van der Waals surface area contributed by atoms with E-state index in [2.05, 4.69) is 15.9 Å². The number of aliphatic hydroxyl groups is 1. The predicted molar refractivity (Wildman–Crippen MR) is 79.3 cm³/mol. The Morgan fingerprint density at radius 3 is 2.89 bits per heavy atom. The number of piperidine rings is 1. The quantitative estimate of drug-likeness (QED) is 0.927. The van der Waals surface area contributed by atoms with Crippen LogP contribution in [0.2, 0.25) is 0 Å². The number of benzene rings is 1. The van der Waals surface area contributed by atoms with E-state index in [9.17, 15) is 4.79 Å². The van der Waals surface area contributed by atoms with Crippen molar-refractivity contribution in [3.8, 4) is 0 Å². The lowest BCUT2D eigenvalue weighted by Gasteiger charge is -2.35.